The van der Waals surface area contributed by atoms with Crippen molar-refractivity contribution < 1.29 is 30.8 Å². The quantitative estimate of drug-likeness (QED) is 0.598. The number of halogens is 4. The zero-order chi connectivity index (χ0) is 19.3. The maximum absolute atomic E-state index is 13.2. The third-order valence-corrected chi connectivity index (χ3v) is 6.02. The fourth-order valence-electron chi connectivity index (χ4n) is 3.17. The van der Waals surface area contributed by atoms with Crippen molar-refractivity contribution in [2.24, 2.45) is 0 Å². The van der Waals surface area contributed by atoms with Crippen LogP contribution in [-0.2, 0) is 20.2 Å². The molecule has 3 rings (SSSR count). The predicted molar refractivity (Wildman–Crippen MR) is 84.8 cm³/mol. The van der Waals surface area contributed by atoms with Crippen LogP contribution in [0.5, 0.6) is 0 Å². The number of rotatable bonds is 3. The van der Waals surface area contributed by atoms with Crippen LogP contribution in [0.4, 0.5) is 17.6 Å². The van der Waals surface area contributed by atoms with E-state index in [2.05, 4.69) is 0 Å². The molecule has 2 atom stereocenters. The molecule has 1 heterocycles. The first-order valence-electron chi connectivity index (χ1n) is 7.47. The first-order valence-corrected chi connectivity index (χ1v) is 8.91. The van der Waals surface area contributed by atoms with E-state index in [0.717, 1.165) is 12.1 Å². The lowest BCUT2D eigenvalue weighted by molar-refractivity contribution is -0.152. The highest BCUT2D eigenvalue weighted by Crippen LogP contribution is 2.54. The van der Waals surface area contributed by atoms with E-state index in [4.69, 9.17) is 0 Å². The highest BCUT2D eigenvalue weighted by atomic mass is 32.2. The zero-order valence-corrected chi connectivity index (χ0v) is 14.2. The van der Waals surface area contributed by atoms with Crippen molar-refractivity contribution >= 4 is 15.9 Å². The Kier molecular flexibility index (Phi) is 4.10. The second kappa shape index (κ2) is 5.80. The van der Waals surface area contributed by atoms with Crippen molar-refractivity contribution in [1.82, 2.24) is 4.31 Å². The highest BCUT2D eigenvalue weighted by Gasteiger charge is 2.68. The number of hydrogen-bond acceptors (Lipinski definition) is 3. The van der Waals surface area contributed by atoms with E-state index in [9.17, 15) is 30.8 Å². The van der Waals surface area contributed by atoms with Gasteiger partial charge in [-0.1, -0.05) is 42.5 Å². The number of carbonyl (C=O) groups excluding carboxylic acids is 1. The van der Waals surface area contributed by atoms with E-state index < -0.39 is 38.7 Å². The van der Waals surface area contributed by atoms with Gasteiger partial charge in [0.1, 0.15) is 5.82 Å². The van der Waals surface area contributed by atoms with Crippen LogP contribution < -0.4 is 0 Å². The molecule has 1 fully saturated rings. The topological polar surface area (TPSA) is 54.5 Å². The summed E-state index contributed by atoms with van der Waals surface area (Å²) in [5, 5.41) is 0. The van der Waals surface area contributed by atoms with E-state index in [1.165, 1.54) is 31.2 Å². The monoisotopic (exact) mass is 387 g/mol. The van der Waals surface area contributed by atoms with Crippen molar-refractivity contribution in [2.75, 3.05) is 0 Å². The molecule has 2 aromatic carbocycles. The molecule has 0 unspecified atom stereocenters. The Balaban J connectivity index is 2.19. The average Bonchev–Trinajstić information content (AvgIpc) is 2.59. The molecule has 0 bridgehead atoms. The Labute approximate surface area is 147 Å². The van der Waals surface area contributed by atoms with Crippen LogP contribution in [0.1, 0.15) is 24.1 Å². The highest BCUT2D eigenvalue weighted by molar-refractivity contribution is 7.90. The molecule has 1 amide bonds. The summed E-state index contributed by atoms with van der Waals surface area (Å²) < 4.78 is 76.0. The third kappa shape index (κ3) is 2.49. The fraction of sp³-hybridized carbons (Fsp3) is 0.235. The van der Waals surface area contributed by atoms with Gasteiger partial charge in [-0.25, -0.2) is 8.70 Å². The summed E-state index contributed by atoms with van der Waals surface area (Å²) in [7, 11) is -5.89. The molecule has 0 saturated carbocycles. The maximum Gasteiger partial charge on any atom is 0.516 e. The van der Waals surface area contributed by atoms with Gasteiger partial charge in [0.2, 0.25) is 5.91 Å². The predicted octanol–water partition coefficient (Wildman–Crippen LogP) is 3.52. The number of sulfonamides is 1. The Bertz CT molecular complexity index is 942. The van der Waals surface area contributed by atoms with E-state index >= 15 is 0 Å². The third-order valence-electron chi connectivity index (χ3n) is 4.54. The minimum Gasteiger partial charge on any atom is -0.273 e. The Morgan fingerprint density at radius 3 is 2.04 bits per heavy atom. The van der Waals surface area contributed by atoms with Crippen LogP contribution in [0, 0.1) is 5.82 Å². The lowest BCUT2D eigenvalue weighted by atomic mass is 9.66. The molecular weight excluding hydrogens is 374 g/mol. The molecule has 26 heavy (non-hydrogen) atoms. The standard InChI is InChI=1S/C17H13F4NO3S/c1-16(12-5-3-2-4-6-12)14(11-7-9-13(18)10-8-11)22(15(16)23)26(24,25)17(19,20)21/h2-10,14H,1H3/t14-,16-/m1/s1. The second-order valence-electron chi connectivity index (χ2n) is 6.07. The SMILES string of the molecule is C[C@]1(c2ccccc2)C(=O)N(S(=O)(=O)C(F)(F)F)[C@@H]1c1ccc(F)cc1. The number of β-lactam (4-membered cyclic amide) rings is 1. The molecule has 4 nitrogen and oxygen atoms in total. The van der Waals surface area contributed by atoms with Gasteiger partial charge >= 0.3 is 15.5 Å². The summed E-state index contributed by atoms with van der Waals surface area (Å²) >= 11 is 0. The summed E-state index contributed by atoms with van der Waals surface area (Å²) in [6.45, 7) is 1.38. The van der Waals surface area contributed by atoms with Gasteiger partial charge in [0.05, 0.1) is 11.5 Å². The van der Waals surface area contributed by atoms with E-state index in [0.29, 0.717) is 5.56 Å². The van der Waals surface area contributed by atoms with Crippen molar-refractivity contribution in [3.05, 3.63) is 71.5 Å². The lowest BCUT2D eigenvalue weighted by Gasteiger charge is -2.53. The van der Waals surface area contributed by atoms with Crippen LogP contribution in [0.2, 0.25) is 0 Å². The van der Waals surface area contributed by atoms with Crippen LogP contribution >= 0.6 is 0 Å². The minimum atomic E-state index is -5.89. The summed E-state index contributed by atoms with van der Waals surface area (Å²) in [5.74, 6) is -1.82. The first kappa shape index (κ1) is 18.4. The molecule has 0 spiro atoms. The average molecular weight is 387 g/mol. The number of amides is 1. The van der Waals surface area contributed by atoms with Gasteiger partial charge in [-0.3, -0.25) is 4.79 Å². The molecule has 1 saturated heterocycles. The summed E-state index contributed by atoms with van der Waals surface area (Å²) in [6.07, 6.45) is 0. The number of nitrogens with zero attached hydrogens (tertiary/aromatic N) is 1. The summed E-state index contributed by atoms with van der Waals surface area (Å²) in [6, 6.07) is 10.8. The van der Waals surface area contributed by atoms with Crippen LogP contribution in [0.15, 0.2) is 54.6 Å². The molecular formula is C17H13F4NO3S. The fourth-order valence-corrected chi connectivity index (χ4v) is 4.41. The van der Waals surface area contributed by atoms with Crippen molar-refractivity contribution in [3.63, 3.8) is 0 Å². The lowest BCUT2D eigenvalue weighted by Crippen LogP contribution is -2.68. The van der Waals surface area contributed by atoms with Crippen molar-refractivity contribution in [3.8, 4) is 0 Å². The molecule has 1 aliphatic heterocycles. The number of alkyl halides is 3. The van der Waals surface area contributed by atoms with Crippen LogP contribution in [-0.4, -0.2) is 24.1 Å². The number of carbonyl (C=O) groups is 1. The van der Waals surface area contributed by atoms with Gasteiger partial charge in [-0.15, -0.1) is 0 Å². The van der Waals surface area contributed by atoms with Crippen molar-refractivity contribution in [2.45, 2.75) is 23.9 Å². The molecule has 0 aliphatic carbocycles. The summed E-state index contributed by atoms with van der Waals surface area (Å²) in [4.78, 5) is 12.6. The van der Waals surface area contributed by atoms with Crippen molar-refractivity contribution in [1.29, 1.82) is 0 Å². The van der Waals surface area contributed by atoms with Gasteiger partial charge in [-0.2, -0.15) is 21.6 Å². The molecule has 0 aromatic heterocycles. The normalized spacial score (nSPS) is 23.7. The van der Waals surface area contributed by atoms with Gasteiger partial charge in [0, 0.05) is 0 Å². The summed E-state index contributed by atoms with van der Waals surface area (Å²) in [5.41, 5.74) is -6.70. The number of hydrogen-bond donors (Lipinski definition) is 0. The Hall–Kier alpha value is -2.42. The molecule has 0 N–H and O–H groups in total. The maximum atomic E-state index is 13.2. The van der Waals surface area contributed by atoms with Gasteiger partial charge < -0.3 is 0 Å². The molecule has 138 valence electrons. The van der Waals surface area contributed by atoms with Crippen LogP contribution in [0.3, 0.4) is 0 Å². The Morgan fingerprint density at radius 2 is 1.54 bits per heavy atom. The minimum absolute atomic E-state index is 0.0881. The van der Waals surface area contributed by atoms with E-state index in [1.54, 1.807) is 18.2 Å². The first-order chi connectivity index (χ1) is 12.0. The van der Waals surface area contributed by atoms with Gasteiger partial charge in [-0.05, 0) is 30.2 Å². The number of benzene rings is 2. The molecule has 1 aliphatic rings. The Morgan fingerprint density at radius 1 is 1.00 bits per heavy atom. The van der Waals surface area contributed by atoms with Crippen LogP contribution in [0.25, 0.3) is 0 Å². The van der Waals surface area contributed by atoms with E-state index in [-0.39, 0.29) is 9.87 Å². The largest absolute Gasteiger partial charge is 0.516 e. The van der Waals surface area contributed by atoms with Gasteiger partial charge in [0.25, 0.3) is 0 Å². The smallest absolute Gasteiger partial charge is 0.273 e. The molecule has 9 heteroatoms. The van der Waals surface area contributed by atoms with Gasteiger partial charge in [0.15, 0.2) is 0 Å². The second-order valence-corrected chi connectivity index (χ2v) is 7.88. The molecule has 2 aromatic rings. The van der Waals surface area contributed by atoms with E-state index in [1.807, 2.05) is 0 Å². The molecule has 0 radical (unpaired) electrons. The zero-order valence-electron chi connectivity index (χ0n) is 13.4.